The number of carbonyl (C=O) groups is 1. The Hall–Kier alpha value is -3.23. The first-order chi connectivity index (χ1) is 14.6. The molecule has 1 aliphatic rings. The number of nitrogens with zero attached hydrogens (tertiary/aromatic N) is 4. The van der Waals surface area contributed by atoms with E-state index < -0.39 is 17.7 Å². The summed E-state index contributed by atoms with van der Waals surface area (Å²) in [5, 5.41) is 0. The summed E-state index contributed by atoms with van der Waals surface area (Å²) in [4.78, 5) is 23.8. The van der Waals surface area contributed by atoms with E-state index in [0.717, 1.165) is 11.1 Å². The van der Waals surface area contributed by atoms with E-state index in [1.165, 1.54) is 29.2 Å². The number of aromatic nitrogens is 2. The Morgan fingerprint density at radius 2 is 1.45 bits per heavy atom. The van der Waals surface area contributed by atoms with Gasteiger partial charge >= 0.3 is 6.18 Å². The Bertz CT molecular complexity index is 1140. The molecule has 2 aromatic carbocycles. The summed E-state index contributed by atoms with van der Waals surface area (Å²) in [6, 6.07) is 8.53. The molecule has 1 aliphatic heterocycles. The topological polar surface area (TPSA) is 49.3 Å². The summed E-state index contributed by atoms with van der Waals surface area (Å²) in [6.45, 7) is 4.49. The Balaban J connectivity index is 1.61. The maximum absolute atomic E-state index is 13.7. The largest absolute Gasteiger partial charge is 0.437 e. The number of halogens is 4. The molecule has 5 nitrogen and oxygen atoms in total. The van der Waals surface area contributed by atoms with Crippen molar-refractivity contribution in [2.24, 2.45) is 0 Å². The third kappa shape index (κ3) is 4.17. The molecule has 1 aromatic heterocycles. The number of piperazine rings is 1. The highest BCUT2D eigenvalue weighted by Gasteiger charge is 2.39. The first-order valence-corrected chi connectivity index (χ1v) is 9.79. The van der Waals surface area contributed by atoms with E-state index in [0.29, 0.717) is 11.1 Å². The van der Waals surface area contributed by atoms with Gasteiger partial charge in [-0.2, -0.15) is 13.2 Å². The summed E-state index contributed by atoms with van der Waals surface area (Å²) in [5.74, 6) is -0.954. The van der Waals surface area contributed by atoms with Gasteiger partial charge in [0.2, 0.25) is 0 Å². The van der Waals surface area contributed by atoms with Crippen LogP contribution in [0.4, 0.5) is 23.4 Å². The number of carbonyl (C=O) groups excluding carboxylic acids is 1. The lowest BCUT2D eigenvalue weighted by molar-refractivity contribution is -0.140. The normalized spacial score (nSPS) is 14.9. The van der Waals surface area contributed by atoms with Gasteiger partial charge in [0.15, 0.2) is 11.5 Å². The fourth-order valence-corrected chi connectivity index (χ4v) is 3.61. The minimum atomic E-state index is -4.66. The zero-order valence-electron chi connectivity index (χ0n) is 17.0. The van der Waals surface area contributed by atoms with Crippen molar-refractivity contribution in [2.45, 2.75) is 20.0 Å². The van der Waals surface area contributed by atoms with E-state index in [1.807, 2.05) is 13.8 Å². The van der Waals surface area contributed by atoms with Crippen LogP contribution in [0.15, 0.2) is 36.4 Å². The standard InChI is InChI=1S/C22H20F4N4O/c1-13-11-17-18(12-14(13)2)28-20(19(27-17)22(24,25)26)29-7-9-30(10-8-29)21(31)15-3-5-16(23)6-4-15/h3-6,11-12H,7-10H2,1-2H3. The van der Waals surface area contributed by atoms with Gasteiger partial charge < -0.3 is 9.80 Å². The van der Waals surface area contributed by atoms with E-state index in [-0.39, 0.29) is 43.4 Å². The molecule has 0 saturated carbocycles. The van der Waals surface area contributed by atoms with Crippen molar-refractivity contribution < 1.29 is 22.4 Å². The minimum Gasteiger partial charge on any atom is -0.351 e. The number of hydrogen-bond donors (Lipinski definition) is 0. The van der Waals surface area contributed by atoms with E-state index >= 15 is 0 Å². The van der Waals surface area contributed by atoms with Gasteiger partial charge in [-0.1, -0.05) is 0 Å². The number of amides is 1. The molecule has 31 heavy (non-hydrogen) atoms. The first kappa shape index (κ1) is 21.0. The fourth-order valence-electron chi connectivity index (χ4n) is 3.61. The molecule has 3 aromatic rings. The lowest BCUT2D eigenvalue weighted by Gasteiger charge is -2.36. The lowest BCUT2D eigenvalue weighted by atomic mass is 10.1. The van der Waals surface area contributed by atoms with E-state index in [9.17, 15) is 22.4 Å². The fraction of sp³-hybridized carbons (Fsp3) is 0.318. The molecule has 0 N–H and O–H groups in total. The highest BCUT2D eigenvalue weighted by atomic mass is 19.4. The van der Waals surface area contributed by atoms with Gasteiger partial charge in [0.1, 0.15) is 5.82 Å². The van der Waals surface area contributed by atoms with Gasteiger partial charge in [0, 0.05) is 31.7 Å². The maximum atomic E-state index is 13.7. The third-order valence-corrected chi connectivity index (χ3v) is 5.49. The predicted molar refractivity (Wildman–Crippen MR) is 109 cm³/mol. The average Bonchev–Trinajstić information content (AvgIpc) is 2.73. The number of fused-ring (bicyclic) bond motifs is 1. The van der Waals surface area contributed by atoms with Crippen LogP contribution in [0.2, 0.25) is 0 Å². The van der Waals surface area contributed by atoms with Gasteiger partial charge in [-0.3, -0.25) is 4.79 Å². The number of aryl methyl sites for hydroxylation is 2. The van der Waals surface area contributed by atoms with Crippen LogP contribution in [0.3, 0.4) is 0 Å². The molecule has 162 valence electrons. The molecule has 0 spiro atoms. The molecule has 0 atom stereocenters. The Morgan fingerprint density at radius 3 is 2.00 bits per heavy atom. The van der Waals surface area contributed by atoms with Crippen molar-refractivity contribution in [1.29, 1.82) is 0 Å². The maximum Gasteiger partial charge on any atom is 0.437 e. The van der Waals surface area contributed by atoms with Crippen LogP contribution in [-0.2, 0) is 6.18 Å². The highest BCUT2D eigenvalue weighted by Crippen LogP contribution is 2.36. The minimum absolute atomic E-state index is 0.182. The van der Waals surface area contributed by atoms with Crippen molar-refractivity contribution in [1.82, 2.24) is 14.9 Å². The Labute approximate surface area is 176 Å². The summed E-state index contributed by atoms with van der Waals surface area (Å²) >= 11 is 0. The molecule has 1 amide bonds. The molecule has 0 bridgehead atoms. The predicted octanol–water partition coefficient (Wildman–Crippen LogP) is 4.37. The SMILES string of the molecule is Cc1cc2nc(N3CCN(C(=O)c4ccc(F)cc4)CC3)c(C(F)(F)F)nc2cc1C. The van der Waals surface area contributed by atoms with E-state index in [1.54, 1.807) is 17.0 Å². The van der Waals surface area contributed by atoms with Gasteiger partial charge in [0.05, 0.1) is 11.0 Å². The molecule has 0 aliphatic carbocycles. The van der Waals surface area contributed by atoms with Gasteiger partial charge in [0.25, 0.3) is 5.91 Å². The van der Waals surface area contributed by atoms with Crippen molar-refractivity contribution in [3.05, 3.63) is 64.6 Å². The summed E-state index contributed by atoms with van der Waals surface area (Å²) in [6.07, 6.45) is -4.66. The van der Waals surface area contributed by atoms with E-state index in [2.05, 4.69) is 9.97 Å². The molecule has 2 heterocycles. The van der Waals surface area contributed by atoms with Crippen molar-refractivity contribution in [3.63, 3.8) is 0 Å². The molecule has 1 saturated heterocycles. The monoisotopic (exact) mass is 432 g/mol. The third-order valence-electron chi connectivity index (χ3n) is 5.49. The molecular formula is C22H20F4N4O. The second-order valence-corrected chi connectivity index (χ2v) is 7.60. The molecule has 0 unspecified atom stereocenters. The lowest BCUT2D eigenvalue weighted by Crippen LogP contribution is -2.49. The van der Waals surface area contributed by atoms with Gasteiger partial charge in [-0.25, -0.2) is 14.4 Å². The molecular weight excluding hydrogens is 412 g/mol. The second kappa shape index (κ2) is 7.79. The average molecular weight is 432 g/mol. The van der Waals surface area contributed by atoms with Crippen LogP contribution in [-0.4, -0.2) is 47.0 Å². The van der Waals surface area contributed by atoms with Crippen LogP contribution in [0.1, 0.15) is 27.2 Å². The number of anilines is 1. The summed E-state index contributed by atoms with van der Waals surface area (Å²) < 4.78 is 54.3. The van der Waals surface area contributed by atoms with Crippen LogP contribution >= 0.6 is 0 Å². The van der Waals surface area contributed by atoms with Gasteiger partial charge in [-0.05, 0) is 61.4 Å². The van der Waals surface area contributed by atoms with Gasteiger partial charge in [-0.15, -0.1) is 0 Å². The molecule has 0 radical (unpaired) electrons. The number of rotatable bonds is 2. The number of alkyl halides is 3. The zero-order chi connectivity index (χ0) is 22.3. The Kier molecular flexibility index (Phi) is 5.28. The molecule has 4 rings (SSSR count). The number of benzene rings is 2. The summed E-state index contributed by atoms with van der Waals surface area (Å²) in [7, 11) is 0. The molecule has 9 heteroatoms. The number of hydrogen-bond acceptors (Lipinski definition) is 4. The van der Waals surface area contributed by atoms with Crippen LogP contribution in [0.5, 0.6) is 0 Å². The quantitative estimate of drug-likeness (QED) is 0.565. The second-order valence-electron chi connectivity index (χ2n) is 7.60. The Morgan fingerprint density at radius 1 is 0.903 bits per heavy atom. The smallest absolute Gasteiger partial charge is 0.351 e. The van der Waals surface area contributed by atoms with Crippen LogP contribution < -0.4 is 4.90 Å². The van der Waals surface area contributed by atoms with Crippen molar-refractivity contribution in [2.75, 3.05) is 31.1 Å². The highest BCUT2D eigenvalue weighted by molar-refractivity contribution is 5.94. The van der Waals surface area contributed by atoms with Crippen molar-refractivity contribution >= 4 is 22.8 Å². The van der Waals surface area contributed by atoms with Crippen molar-refractivity contribution in [3.8, 4) is 0 Å². The summed E-state index contributed by atoms with van der Waals surface area (Å²) in [5.41, 5.74) is 1.67. The van der Waals surface area contributed by atoms with Crippen LogP contribution in [0.25, 0.3) is 11.0 Å². The van der Waals surface area contributed by atoms with Crippen LogP contribution in [0, 0.1) is 19.7 Å². The zero-order valence-corrected chi connectivity index (χ0v) is 17.0. The molecule has 1 fully saturated rings. The first-order valence-electron chi connectivity index (χ1n) is 9.79. The van der Waals surface area contributed by atoms with E-state index in [4.69, 9.17) is 0 Å².